The number of hydrogen-bond donors (Lipinski definition) is 1. The van der Waals surface area contributed by atoms with Crippen LogP contribution in [0.1, 0.15) is 27.2 Å². The molecular formula is C21H37IN6O2S. The monoisotopic (exact) mass is 564 g/mol. The van der Waals surface area contributed by atoms with E-state index in [0.717, 1.165) is 31.4 Å². The molecule has 1 aromatic heterocycles. The van der Waals surface area contributed by atoms with E-state index in [9.17, 15) is 8.42 Å². The Morgan fingerprint density at radius 2 is 1.84 bits per heavy atom. The van der Waals surface area contributed by atoms with Gasteiger partial charge in [-0.2, -0.15) is 4.31 Å². The smallest absolute Gasteiger partial charge is 0.216 e. The number of nitrogens with one attached hydrogen (secondary N) is 1. The number of aliphatic imine (C=N–C) groups is 1. The highest BCUT2D eigenvalue weighted by molar-refractivity contribution is 14.0. The second kappa shape index (κ2) is 12.2. The Hall–Kier alpha value is -1.14. The zero-order valence-electron chi connectivity index (χ0n) is 18.9. The minimum atomic E-state index is -3.32. The number of rotatable bonds is 6. The van der Waals surface area contributed by atoms with Gasteiger partial charge in [-0.1, -0.05) is 19.9 Å². The number of sulfonamides is 1. The third-order valence-corrected chi connectivity index (χ3v) is 7.57. The van der Waals surface area contributed by atoms with Gasteiger partial charge in [-0.15, -0.1) is 24.0 Å². The quantitative estimate of drug-likeness (QED) is 0.324. The molecule has 8 nitrogen and oxygen atoms in total. The molecule has 2 unspecified atom stereocenters. The zero-order valence-corrected chi connectivity index (χ0v) is 22.1. The molecule has 31 heavy (non-hydrogen) atoms. The summed E-state index contributed by atoms with van der Waals surface area (Å²) in [5.74, 6) is 3.03. The number of piperazine rings is 1. The Morgan fingerprint density at radius 3 is 2.42 bits per heavy atom. The number of anilines is 1. The predicted octanol–water partition coefficient (Wildman–Crippen LogP) is 2.09. The van der Waals surface area contributed by atoms with Crippen molar-refractivity contribution in [3.63, 3.8) is 0 Å². The predicted molar refractivity (Wildman–Crippen MR) is 138 cm³/mol. The molecular weight excluding hydrogens is 527 g/mol. The van der Waals surface area contributed by atoms with Crippen molar-refractivity contribution in [3.8, 4) is 0 Å². The third kappa shape index (κ3) is 7.45. The maximum atomic E-state index is 12.8. The van der Waals surface area contributed by atoms with Crippen molar-refractivity contribution in [1.29, 1.82) is 0 Å². The van der Waals surface area contributed by atoms with Gasteiger partial charge in [0, 0.05) is 52.0 Å². The standard InChI is InChI=1S/C21H36N6O2S.HI/c1-4-22-21(26-16-18(2)15-19(3)17-26)24-9-14-30(28,29)27-12-10-25(11-13-27)20-7-5-6-8-23-20;/h5-8,18-19H,4,9-17H2,1-3H3,(H,22,24);1H. The molecule has 0 radical (unpaired) electrons. The second-order valence-electron chi connectivity index (χ2n) is 8.48. The van der Waals surface area contributed by atoms with Crippen LogP contribution in [0.25, 0.3) is 0 Å². The van der Waals surface area contributed by atoms with Crippen molar-refractivity contribution in [2.24, 2.45) is 16.8 Å². The largest absolute Gasteiger partial charge is 0.357 e. The summed E-state index contributed by atoms with van der Waals surface area (Å²) >= 11 is 0. The number of piperidine rings is 1. The highest BCUT2D eigenvalue weighted by Crippen LogP contribution is 2.21. The molecule has 3 rings (SSSR count). The summed E-state index contributed by atoms with van der Waals surface area (Å²) in [6, 6.07) is 5.80. The van der Waals surface area contributed by atoms with Gasteiger partial charge in [-0.3, -0.25) is 4.99 Å². The average Bonchev–Trinajstić information content (AvgIpc) is 2.73. The highest BCUT2D eigenvalue weighted by Gasteiger charge is 2.28. The summed E-state index contributed by atoms with van der Waals surface area (Å²) < 4.78 is 27.3. The SMILES string of the molecule is CCNC(=NCCS(=O)(=O)N1CCN(c2ccccn2)CC1)N1CC(C)CC(C)C1.I. The summed E-state index contributed by atoms with van der Waals surface area (Å²) in [7, 11) is -3.32. The lowest BCUT2D eigenvalue weighted by Gasteiger charge is -2.37. The number of likely N-dealkylation sites (tertiary alicyclic amines) is 1. The van der Waals surface area contributed by atoms with Gasteiger partial charge in [0.2, 0.25) is 10.0 Å². The van der Waals surface area contributed by atoms with Crippen LogP contribution in [0, 0.1) is 11.8 Å². The number of halogens is 1. The van der Waals surface area contributed by atoms with E-state index in [1.807, 2.05) is 25.1 Å². The summed E-state index contributed by atoms with van der Waals surface area (Å²) in [5.41, 5.74) is 0. The molecule has 0 bridgehead atoms. The maximum absolute atomic E-state index is 12.8. The first-order chi connectivity index (χ1) is 14.4. The molecule has 0 aliphatic carbocycles. The van der Waals surface area contributed by atoms with E-state index in [1.54, 1.807) is 10.5 Å². The third-order valence-electron chi connectivity index (χ3n) is 5.72. The van der Waals surface area contributed by atoms with Crippen LogP contribution < -0.4 is 10.2 Å². The molecule has 0 spiro atoms. The summed E-state index contributed by atoms with van der Waals surface area (Å²) in [6.45, 7) is 11.9. The first kappa shape index (κ1) is 26.1. The van der Waals surface area contributed by atoms with Crippen molar-refractivity contribution in [2.75, 3.05) is 63.0 Å². The molecule has 2 aliphatic rings. The summed E-state index contributed by atoms with van der Waals surface area (Å²) in [4.78, 5) is 13.4. The molecule has 2 atom stereocenters. The summed E-state index contributed by atoms with van der Waals surface area (Å²) in [5, 5.41) is 3.34. The van der Waals surface area contributed by atoms with E-state index in [1.165, 1.54) is 6.42 Å². The molecule has 1 N–H and O–H groups in total. The van der Waals surface area contributed by atoms with Crippen LogP contribution >= 0.6 is 24.0 Å². The van der Waals surface area contributed by atoms with Crippen molar-refractivity contribution in [3.05, 3.63) is 24.4 Å². The Bertz CT molecular complexity index is 789. The maximum Gasteiger partial charge on any atom is 0.216 e. The molecule has 2 saturated heterocycles. The molecule has 176 valence electrons. The fourth-order valence-electron chi connectivity index (χ4n) is 4.39. The van der Waals surface area contributed by atoms with Crippen molar-refractivity contribution >= 4 is 45.8 Å². The van der Waals surface area contributed by atoms with E-state index < -0.39 is 10.0 Å². The fraction of sp³-hybridized carbons (Fsp3) is 0.714. The number of aromatic nitrogens is 1. The minimum Gasteiger partial charge on any atom is -0.357 e. The van der Waals surface area contributed by atoms with Gasteiger partial charge in [-0.25, -0.2) is 13.4 Å². The second-order valence-corrected chi connectivity index (χ2v) is 10.6. The Balaban J connectivity index is 0.00000341. The Labute approximate surface area is 204 Å². The molecule has 0 amide bonds. The first-order valence-electron chi connectivity index (χ1n) is 11.1. The molecule has 3 heterocycles. The van der Waals surface area contributed by atoms with E-state index in [-0.39, 0.29) is 36.3 Å². The van der Waals surface area contributed by atoms with Crippen molar-refractivity contribution in [2.45, 2.75) is 27.2 Å². The molecule has 2 aliphatic heterocycles. The van der Waals surface area contributed by atoms with Gasteiger partial charge < -0.3 is 15.1 Å². The van der Waals surface area contributed by atoms with Crippen LogP contribution in [0.15, 0.2) is 29.4 Å². The van der Waals surface area contributed by atoms with Gasteiger partial charge in [-0.05, 0) is 37.3 Å². The topological polar surface area (TPSA) is 81.1 Å². The average molecular weight is 565 g/mol. The van der Waals surface area contributed by atoms with Gasteiger partial charge in [0.1, 0.15) is 5.82 Å². The fourth-order valence-corrected chi connectivity index (χ4v) is 5.69. The van der Waals surface area contributed by atoms with Crippen molar-refractivity contribution in [1.82, 2.24) is 19.5 Å². The summed E-state index contributed by atoms with van der Waals surface area (Å²) in [6.07, 6.45) is 3.00. The van der Waals surface area contributed by atoms with Gasteiger partial charge in [0.05, 0.1) is 12.3 Å². The van der Waals surface area contributed by atoms with E-state index in [2.05, 4.69) is 38.9 Å². The van der Waals surface area contributed by atoms with Gasteiger partial charge in [0.25, 0.3) is 0 Å². The lowest BCUT2D eigenvalue weighted by molar-refractivity contribution is 0.208. The number of hydrogen-bond acceptors (Lipinski definition) is 5. The highest BCUT2D eigenvalue weighted by atomic mass is 127. The number of nitrogens with zero attached hydrogens (tertiary/aromatic N) is 5. The Morgan fingerprint density at radius 1 is 1.16 bits per heavy atom. The normalized spacial score (nSPS) is 23.4. The molecule has 0 saturated carbocycles. The van der Waals surface area contributed by atoms with Crippen LogP contribution in [0.4, 0.5) is 5.82 Å². The number of pyridine rings is 1. The lowest BCUT2D eigenvalue weighted by Crippen LogP contribution is -2.50. The molecule has 10 heteroatoms. The molecule has 2 fully saturated rings. The van der Waals surface area contributed by atoms with Crippen LogP contribution in [0.2, 0.25) is 0 Å². The van der Waals surface area contributed by atoms with Crippen LogP contribution in [0.3, 0.4) is 0 Å². The van der Waals surface area contributed by atoms with Crippen LogP contribution in [-0.4, -0.2) is 86.7 Å². The zero-order chi connectivity index (χ0) is 21.6. The number of guanidine groups is 1. The first-order valence-corrected chi connectivity index (χ1v) is 12.7. The lowest BCUT2D eigenvalue weighted by atomic mass is 9.92. The van der Waals surface area contributed by atoms with Gasteiger partial charge in [0.15, 0.2) is 5.96 Å². The van der Waals surface area contributed by atoms with Crippen LogP contribution in [0.5, 0.6) is 0 Å². The van der Waals surface area contributed by atoms with E-state index in [0.29, 0.717) is 38.0 Å². The Kier molecular flexibility index (Phi) is 10.3. The minimum absolute atomic E-state index is 0. The molecule has 1 aromatic rings. The van der Waals surface area contributed by atoms with Crippen molar-refractivity contribution < 1.29 is 8.42 Å². The van der Waals surface area contributed by atoms with Gasteiger partial charge >= 0.3 is 0 Å². The molecule has 0 aromatic carbocycles. The van der Waals surface area contributed by atoms with E-state index >= 15 is 0 Å². The van der Waals surface area contributed by atoms with Crippen LogP contribution in [-0.2, 0) is 10.0 Å². The van der Waals surface area contributed by atoms with E-state index in [4.69, 9.17) is 0 Å².